The summed E-state index contributed by atoms with van der Waals surface area (Å²) in [4.78, 5) is 0. The van der Waals surface area contributed by atoms with Crippen molar-refractivity contribution in [2.45, 2.75) is 39.9 Å². The molecule has 0 amide bonds. The molecule has 0 bridgehead atoms. The molecule has 0 aliphatic rings. The third kappa shape index (κ3) is 3.20. The van der Waals surface area contributed by atoms with Gasteiger partial charge in [-0.2, -0.15) is 0 Å². The Morgan fingerprint density at radius 2 is 2.29 bits per heavy atom. The molecule has 0 aliphatic carbocycles. The number of hydrogen-bond acceptors (Lipinski definition) is 3. The molecule has 17 heavy (non-hydrogen) atoms. The number of aromatic nitrogens is 2. The van der Waals surface area contributed by atoms with Crippen LogP contribution in [0.3, 0.4) is 0 Å². The average molecular weight is 233 g/mol. The van der Waals surface area contributed by atoms with Gasteiger partial charge in [0.25, 0.3) is 0 Å². The number of nitrogens with zero attached hydrogens (tertiary/aromatic N) is 2. The summed E-state index contributed by atoms with van der Waals surface area (Å²) < 4.78 is 7.40. The fourth-order valence-corrected chi connectivity index (χ4v) is 1.73. The van der Waals surface area contributed by atoms with Gasteiger partial charge in [-0.05, 0) is 19.1 Å². The summed E-state index contributed by atoms with van der Waals surface area (Å²) in [6.45, 7) is 7.84. The van der Waals surface area contributed by atoms with Gasteiger partial charge in [0.2, 0.25) is 0 Å². The quantitative estimate of drug-likeness (QED) is 0.862. The maximum absolute atomic E-state index is 5.23. The molecule has 2 aromatic rings. The van der Waals surface area contributed by atoms with Crippen LogP contribution >= 0.6 is 0 Å². The van der Waals surface area contributed by atoms with Crippen LogP contribution in [0.4, 0.5) is 0 Å². The lowest BCUT2D eigenvalue weighted by molar-refractivity contribution is 0.371. The molecule has 1 N–H and O–H groups in total. The molecule has 0 aliphatic heterocycles. The molecular weight excluding hydrogens is 214 g/mol. The van der Waals surface area contributed by atoms with Crippen molar-refractivity contribution in [3.8, 4) is 0 Å². The highest BCUT2D eigenvalue weighted by Crippen LogP contribution is 2.09. The molecule has 4 heteroatoms. The van der Waals surface area contributed by atoms with Crippen molar-refractivity contribution >= 4 is 0 Å². The summed E-state index contributed by atoms with van der Waals surface area (Å²) in [6.07, 6.45) is 2.06. The van der Waals surface area contributed by atoms with E-state index in [4.69, 9.17) is 4.52 Å². The first-order valence-electron chi connectivity index (χ1n) is 5.95. The van der Waals surface area contributed by atoms with Gasteiger partial charge in [0, 0.05) is 30.5 Å². The van der Waals surface area contributed by atoms with E-state index in [0.717, 1.165) is 24.5 Å². The monoisotopic (exact) mass is 233 g/mol. The van der Waals surface area contributed by atoms with Crippen LogP contribution in [0, 0.1) is 6.92 Å². The van der Waals surface area contributed by atoms with Gasteiger partial charge >= 0.3 is 0 Å². The SMILES string of the molecule is Cc1cc(Cn2cccc2CNC(C)C)on1. The summed E-state index contributed by atoms with van der Waals surface area (Å²) in [5.74, 6) is 0.893. The highest BCUT2D eigenvalue weighted by Gasteiger charge is 2.05. The second-order valence-electron chi connectivity index (χ2n) is 4.60. The molecule has 2 heterocycles. The molecule has 0 atom stereocenters. The van der Waals surface area contributed by atoms with Crippen molar-refractivity contribution < 1.29 is 4.52 Å². The predicted octanol–water partition coefficient (Wildman–Crippen LogP) is 2.33. The van der Waals surface area contributed by atoms with Crippen LogP contribution in [-0.2, 0) is 13.1 Å². The van der Waals surface area contributed by atoms with E-state index in [0.29, 0.717) is 6.04 Å². The van der Waals surface area contributed by atoms with Crippen molar-refractivity contribution in [1.29, 1.82) is 0 Å². The van der Waals surface area contributed by atoms with Crippen LogP contribution in [0.5, 0.6) is 0 Å². The molecule has 0 radical (unpaired) electrons. The van der Waals surface area contributed by atoms with Crippen molar-refractivity contribution in [3.05, 3.63) is 41.5 Å². The molecule has 4 nitrogen and oxygen atoms in total. The average Bonchev–Trinajstić information content (AvgIpc) is 2.86. The molecule has 2 rings (SSSR count). The Balaban J connectivity index is 2.03. The summed E-state index contributed by atoms with van der Waals surface area (Å²) in [5, 5.41) is 7.31. The van der Waals surface area contributed by atoms with Gasteiger partial charge in [-0.1, -0.05) is 19.0 Å². The molecule has 0 aromatic carbocycles. The highest BCUT2D eigenvalue weighted by atomic mass is 16.5. The van der Waals surface area contributed by atoms with Gasteiger partial charge in [-0.15, -0.1) is 0 Å². The fraction of sp³-hybridized carbons (Fsp3) is 0.462. The summed E-state index contributed by atoms with van der Waals surface area (Å²) in [5.41, 5.74) is 2.18. The van der Waals surface area contributed by atoms with Crippen molar-refractivity contribution in [2.24, 2.45) is 0 Å². The third-order valence-corrected chi connectivity index (χ3v) is 2.62. The van der Waals surface area contributed by atoms with Crippen LogP contribution in [0.1, 0.15) is 31.0 Å². The Labute approximate surface area is 102 Å². The Kier molecular flexibility index (Phi) is 3.64. The van der Waals surface area contributed by atoms with E-state index < -0.39 is 0 Å². The Hall–Kier alpha value is -1.55. The topological polar surface area (TPSA) is 43.0 Å². The third-order valence-electron chi connectivity index (χ3n) is 2.62. The predicted molar refractivity (Wildman–Crippen MR) is 66.7 cm³/mol. The molecular formula is C13H19N3O. The van der Waals surface area contributed by atoms with E-state index in [2.05, 4.69) is 47.2 Å². The van der Waals surface area contributed by atoms with Gasteiger partial charge in [0.05, 0.1) is 12.2 Å². The van der Waals surface area contributed by atoms with E-state index in [1.54, 1.807) is 0 Å². The minimum Gasteiger partial charge on any atom is -0.359 e. The van der Waals surface area contributed by atoms with Gasteiger partial charge in [0.15, 0.2) is 5.76 Å². The number of nitrogens with one attached hydrogen (secondary N) is 1. The number of hydrogen-bond donors (Lipinski definition) is 1. The van der Waals surface area contributed by atoms with E-state index in [1.807, 2.05) is 13.0 Å². The highest BCUT2D eigenvalue weighted by molar-refractivity contribution is 5.11. The normalized spacial score (nSPS) is 11.3. The van der Waals surface area contributed by atoms with Crippen LogP contribution < -0.4 is 5.32 Å². The zero-order valence-electron chi connectivity index (χ0n) is 10.6. The van der Waals surface area contributed by atoms with Crippen LogP contribution in [0.15, 0.2) is 28.9 Å². The Morgan fingerprint density at radius 3 is 2.94 bits per heavy atom. The lowest BCUT2D eigenvalue weighted by Gasteiger charge is -2.10. The van der Waals surface area contributed by atoms with Gasteiger partial charge in [0.1, 0.15) is 0 Å². The molecule has 0 saturated carbocycles. The first-order valence-corrected chi connectivity index (χ1v) is 5.95. The standard InChI is InChI=1S/C13H19N3O/c1-10(2)14-8-12-5-4-6-16(12)9-13-7-11(3)15-17-13/h4-7,10,14H,8-9H2,1-3H3. The van der Waals surface area contributed by atoms with Gasteiger partial charge in [-0.3, -0.25) is 0 Å². The molecule has 0 fully saturated rings. The van der Waals surface area contributed by atoms with E-state index in [9.17, 15) is 0 Å². The largest absolute Gasteiger partial charge is 0.359 e. The minimum absolute atomic E-state index is 0.492. The lowest BCUT2D eigenvalue weighted by atomic mass is 10.3. The summed E-state index contributed by atoms with van der Waals surface area (Å²) in [6, 6.07) is 6.64. The van der Waals surface area contributed by atoms with Crippen LogP contribution in [0.25, 0.3) is 0 Å². The zero-order chi connectivity index (χ0) is 12.3. The Bertz CT molecular complexity index is 470. The maximum atomic E-state index is 5.23. The molecule has 0 saturated heterocycles. The Morgan fingerprint density at radius 1 is 1.47 bits per heavy atom. The van der Waals surface area contributed by atoms with E-state index >= 15 is 0 Å². The maximum Gasteiger partial charge on any atom is 0.156 e. The van der Waals surface area contributed by atoms with Crippen LogP contribution in [-0.4, -0.2) is 15.8 Å². The smallest absolute Gasteiger partial charge is 0.156 e. The van der Waals surface area contributed by atoms with E-state index in [1.165, 1.54) is 5.69 Å². The summed E-state index contributed by atoms with van der Waals surface area (Å²) in [7, 11) is 0. The second kappa shape index (κ2) is 5.19. The van der Waals surface area contributed by atoms with E-state index in [-0.39, 0.29) is 0 Å². The van der Waals surface area contributed by atoms with Gasteiger partial charge < -0.3 is 14.4 Å². The first-order chi connectivity index (χ1) is 8.15. The number of aryl methyl sites for hydroxylation is 1. The molecule has 0 spiro atoms. The zero-order valence-corrected chi connectivity index (χ0v) is 10.6. The van der Waals surface area contributed by atoms with Crippen molar-refractivity contribution in [2.75, 3.05) is 0 Å². The molecule has 92 valence electrons. The summed E-state index contributed by atoms with van der Waals surface area (Å²) >= 11 is 0. The molecule has 0 unspecified atom stereocenters. The molecule has 2 aromatic heterocycles. The minimum atomic E-state index is 0.492. The fourth-order valence-electron chi connectivity index (χ4n) is 1.73. The van der Waals surface area contributed by atoms with Crippen LogP contribution in [0.2, 0.25) is 0 Å². The van der Waals surface area contributed by atoms with Crippen molar-refractivity contribution in [1.82, 2.24) is 15.0 Å². The first kappa shape index (κ1) is 11.9. The second-order valence-corrected chi connectivity index (χ2v) is 4.60. The number of rotatable bonds is 5. The van der Waals surface area contributed by atoms with Gasteiger partial charge in [-0.25, -0.2) is 0 Å². The van der Waals surface area contributed by atoms with Crippen molar-refractivity contribution in [3.63, 3.8) is 0 Å². The lowest BCUT2D eigenvalue weighted by Crippen LogP contribution is -2.23.